The highest BCUT2D eigenvalue weighted by Crippen LogP contribution is 2.35. The molecule has 2 heterocycles. The zero-order valence-corrected chi connectivity index (χ0v) is 10.8. The fourth-order valence-electron chi connectivity index (χ4n) is 2.35. The van der Waals surface area contributed by atoms with E-state index in [0.29, 0.717) is 13.1 Å². The third kappa shape index (κ3) is 2.31. The maximum atomic E-state index is 11.8. The van der Waals surface area contributed by atoms with Crippen molar-refractivity contribution in [2.24, 2.45) is 0 Å². The van der Waals surface area contributed by atoms with Gasteiger partial charge in [0.2, 0.25) is 6.79 Å². The maximum Gasteiger partial charge on any atom is 0.318 e. The quantitative estimate of drug-likeness (QED) is 0.839. The van der Waals surface area contributed by atoms with Crippen LogP contribution in [0.25, 0.3) is 0 Å². The minimum Gasteiger partial charge on any atom is -0.454 e. The first-order valence-electron chi connectivity index (χ1n) is 6.37. The highest BCUT2D eigenvalue weighted by atomic mass is 16.7. The summed E-state index contributed by atoms with van der Waals surface area (Å²) in [6.07, 6.45) is 0. The summed E-state index contributed by atoms with van der Waals surface area (Å²) in [5, 5.41) is 6.03. The van der Waals surface area contributed by atoms with Crippen LogP contribution in [-0.4, -0.2) is 44.4 Å². The molecule has 0 saturated carbocycles. The minimum atomic E-state index is -0.0158. The molecule has 6 nitrogen and oxygen atoms in total. The molecule has 2 aliphatic rings. The molecule has 0 aliphatic carbocycles. The van der Waals surface area contributed by atoms with E-state index in [-0.39, 0.29) is 18.9 Å². The Balaban J connectivity index is 1.71. The molecule has 0 spiro atoms. The van der Waals surface area contributed by atoms with Gasteiger partial charge in [0.1, 0.15) is 0 Å². The van der Waals surface area contributed by atoms with Crippen LogP contribution in [0.3, 0.4) is 0 Å². The van der Waals surface area contributed by atoms with Gasteiger partial charge in [0.15, 0.2) is 11.5 Å². The van der Waals surface area contributed by atoms with E-state index in [9.17, 15) is 4.79 Å². The van der Waals surface area contributed by atoms with Crippen LogP contribution in [0.2, 0.25) is 0 Å². The second-order valence-electron chi connectivity index (χ2n) is 4.66. The van der Waals surface area contributed by atoms with Crippen molar-refractivity contribution in [1.82, 2.24) is 15.5 Å². The standard InChI is InChI=1S/C13H17N3O3/c1-14-4-5-16-7-10(15-13(16)17)9-2-3-11-12(6-9)19-8-18-11/h2-3,6,10,14H,4-5,7-8H2,1H3,(H,15,17). The number of likely N-dealkylation sites (N-methyl/N-ethyl adjacent to an activating group) is 1. The Morgan fingerprint density at radius 1 is 1.42 bits per heavy atom. The van der Waals surface area contributed by atoms with Crippen molar-refractivity contribution in [1.29, 1.82) is 0 Å². The molecule has 0 aromatic heterocycles. The molecule has 1 atom stereocenters. The molecule has 102 valence electrons. The summed E-state index contributed by atoms with van der Waals surface area (Å²) in [7, 11) is 1.88. The first kappa shape index (κ1) is 12.1. The normalized spacial score (nSPS) is 20.8. The van der Waals surface area contributed by atoms with Gasteiger partial charge in [-0.2, -0.15) is 0 Å². The lowest BCUT2D eigenvalue weighted by atomic mass is 10.1. The number of hydrogen-bond donors (Lipinski definition) is 2. The molecule has 3 rings (SSSR count). The largest absolute Gasteiger partial charge is 0.454 e. The monoisotopic (exact) mass is 263 g/mol. The van der Waals surface area contributed by atoms with Gasteiger partial charge in [-0.1, -0.05) is 6.07 Å². The van der Waals surface area contributed by atoms with Crippen molar-refractivity contribution in [3.63, 3.8) is 0 Å². The molecule has 0 radical (unpaired) electrons. The van der Waals surface area contributed by atoms with Crippen molar-refractivity contribution < 1.29 is 14.3 Å². The number of rotatable bonds is 4. The Morgan fingerprint density at radius 3 is 3.11 bits per heavy atom. The fraction of sp³-hybridized carbons (Fsp3) is 0.462. The van der Waals surface area contributed by atoms with Crippen LogP contribution in [0.15, 0.2) is 18.2 Å². The molecule has 2 amide bonds. The SMILES string of the molecule is CNCCN1CC(c2ccc3c(c2)OCO3)NC1=O. The molecule has 19 heavy (non-hydrogen) atoms. The molecule has 2 N–H and O–H groups in total. The molecule has 2 aliphatic heterocycles. The van der Waals surface area contributed by atoms with Crippen molar-refractivity contribution in [2.45, 2.75) is 6.04 Å². The number of carbonyl (C=O) groups is 1. The van der Waals surface area contributed by atoms with E-state index in [1.54, 1.807) is 0 Å². The van der Waals surface area contributed by atoms with Gasteiger partial charge in [0.05, 0.1) is 6.04 Å². The lowest BCUT2D eigenvalue weighted by molar-refractivity contribution is 0.174. The number of amides is 2. The summed E-state index contributed by atoms with van der Waals surface area (Å²) in [5.41, 5.74) is 1.05. The van der Waals surface area contributed by atoms with Gasteiger partial charge >= 0.3 is 6.03 Å². The molecule has 1 fully saturated rings. The smallest absolute Gasteiger partial charge is 0.318 e. The van der Waals surface area contributed by atoms with Gasteiger partial charge in [-0.3, -0.25) is 0 Å². The average molecular weight is 263 g/mol. The van der Waals surface area contributed by atoms with Crippen LogP contribution in [0.1, 0.15) is 11.6 Å². The van der Waals surface area contributed by atoms with Gasteiger partial charge in [0.25, 0.3) is 0 Å². The molecule has 1 aromatic rings. The van der Waals surface area contributed by atoms with E-state index in [1.807, 2.05) is 30.1 Å². The summed E-state index contributed by atoms with van der Waals surface area (Å²) in [6, 6.07) is 5.80. The number of hydrogen-bond acceptors (Lipinski definition) is 4. The minimum absolute atomic E-state index is 0.0128. The lowest BCUT2D eigenvalue weighted by Crippen LogP contribution is -2.33. The summed E-state index contributed by atoms with van der Waals surface area (Å²) >= 11 is 0. The number of ether oxygens (including phenoxy) is 2. The van der Waals surface area contributed by atoms with E-state index in [2.05, 4.69) is 10.6 Å². The summed E-state index contributed by atoms with van der Waals surface area (Å²) < 4.78 is 10.6. The first-order valence-corrected chi connectivity index (χ1v) is 6.37. The van der Waals surface area contributed by atoms with Gasteiger partial charge < -0.3 is 25.0 Å². The third-order valence-electron chi connectivity index (χ3n) is 3.42. The van der Waals surface area contributed by atoms with E-state index >= 15 is 0 Å². The number of benzene rings is 1. The van der Waals surface area contributed by atoms with Gasteiger partial charge in [0, 0.05) is 19.6 Å². The Morgan fingerprint density at radius 2 is 2.26 bits per heavy atom. The molecular formula is C13H17N3O3. The van der Waals surface area contributed by atoms with Gasteiger partial charge in [-0.15, -0.1) is 0 Å². The van der Waals surface area contributed by atoms with Crippen molar-refractivity contribution >= 4 is 6.03 Å². The van der Waals surface area contributed by atoms with Gasteiger partial charge in [-0.05, 0) is 24.7 Å². The van der Waals surface area contributed by atoms with Crippen molar-refractivity contribution in [2.75, 3.05) is 33.5 Å². The summed E-state index contributed by atoms with van der Waals surface area (Å²) in [5.74, 6) is 1.51. The zero-order chi connectivity index (χ0) is 13.2. The van der Waals surface area contributed by atoms with Crippen LogP contribution in [-0.2, 0) is 0 Å². The molecule has 0 bridgehead atoms. The number of fused-ring (bicyclic) bond motifs is 1. The van der Waals surface area contributed by atoms with Crippen LogP contribution < -0.4 is 20.1 Å². The summed E-state index contributed by atoms with van der Waals surface area (Å²) in [6.45, 7) is 2.45. The Hall–Kier alpha value is -1.95. The van der Waals surface area contributed by atoms with Crippen LogP contribution in [0.4, 0.5) is 4.79 Å². The molecule has 6 heteroatoms. The van der Waals surface area contributed by atoms with E-state index < -0.39 is 0 Å². The van der Waals surface area contributed by atoms with Crippen LogP contribution >= 0.6 is 0 Å². The second kappa shape index (κ2) is 4.97. The van der Waals surface area contributed by atoms with E-state index in [0.717, 1.165) is 23.6 Å². The maximum absolute atomic E-state index is 11.8. The first-order chi connectivity index (χ1) is 9.28. The Kier molecular flexibility index (Phi) is 3.16. The topological polar surface area (TPSA) is 62.8 Å². The van der Waals surface area contributed by atoms with Crippen molar-refractivity contribution in [3.05, 3.63) is 23.8 Å². The number of nitrogens with zero attached hydrogens (tertiary/aromatic N) is 1. The number of nitrogens with one attached hydrogen (secondary N) is 2. The zero-order valence-electron chi connectivity index (χ0n) is 10.8. The Labute approximate surface area is 111 Å². The van der Waals surface area contributed by atoms with Crippen LogP contribution in [0, 0.1) is 0 Å². The summed E-state index contributed by atoms with van der Waals surface area (Å²) in [4.78, 5) is 13.6. The van der Waals surface area contributed by atoms with Gasteiger partial charge in [-0.25, -0.2) is 4.79 Å². The lowest BCUT2D eigenvalue weighted by Gasteiger charge is -2.14. The molecule has 1 aromatic carbocycles. The fourth-order valence-corrected chi connectivity index (χ4v) is 2.35. The molecular weight excluding hydrogens is 246 g/mol. The van der Waals surface area contributed by atoms with Crippen LogP contribution in [0.5, 0.6) is 11.5 Å². The second-order valence-corrected chi connectivity index (χ2v) is 4.66. The third-order valence-corrected chi connectivity index (χ3v) is 3.42. The van der Waals surface area contributed by atoms with E-state index in [1.165, 1.54) is 0 Å². The average Bonchev–Trinajstić information content (AvgIpc) is 3.02. The number of urea groups is 1. The highest BCUT2D eigenvalue weighted by Gasteiger charge is 2.30. The highest BCUT2D eigenvalue weighted by molar-refractivity contribution is 5.77. The van der Waals surface area contributed by atoms with Crippen molar-refractivity contribution in [3.8, 4) is 11.5 Å². The van der Waals surface area contributed by atoms with E-state index in [4.69, 9.17) is 9.47 Å². The predicted molar refractivity (Wildman–Crippen MR) is 69.3 cm³/mol. The molecule has 1 saturated heterocycles. The molecule has 1 unspecified atom stereocenters. The Bertz CT molecular complexity index is 492. The predicted octanol–water partition coefficient (Wildman–Crippen LogP) is 0.701. The number of carbonyl (C=O) groups excluding carboxylic acids is 1.